The minimum absolute atomic E-state index is 0.115. The van der Waals surface area contributed by atoms with Gasteiger partial charge in [-0.2, -0.15) is 5.10 Å². The molecule has 1 aromatic heterocycles. The van der Waals surface area contributed by atoms with Crippen molar-refractivity contribution in [2.75, 3.05) is 26.7 Å². The summed E-state index contributed by atoms with van der Waals surface area (Å²) in [5.74, 6) is 0.868. The van der Waals surface area contributed by atoms with E-state index in [2.05, 4.69) is 29.2 Å². The predicted octanol–water partition coefficient (Wildman–Crippen LogP) is 2.32. The summed E-state index contributed by atoms with van der Waals surface area (Å²) in [7, 11) is 1.69. The Balaban J connectivity index is 1.83. The summed E-state index contributed by atoms with van der Waals surface area (Å²) in [6.45, 7) is 6.16. The molecule has 0 bridgehead atoms. The number of benzene rings is 1. The Kier molecular flexibility index (Phi) is 5.71. The van der Waals surface area contributed by atoms with Crippen molar-refractivity contribution in [1.29, 1.82) is 0 Å². The van der Waals surface area contributed by atoms with Crippen LogP contribution in [-0.4, -0.2) is 52.7 Å². The van der Waals surface area contributed by atoms with Crippen LogP contribution >= 0.6 is 0 Å². The Morgan fingerprint density at radius 2 is 2.16 bits per heavy atom. The van der Waals surface area contributed by atoms with Crippen molar-refractivity contribution in [2.45, 2.75) is 32.5 Å². The van der Waals surface area contributed by atoms with Gasteiger partial charge in [0.2, 0.25) is 6.41 Å². The van der Waals surface area contributed by atoms with Crippen molar-refractivity contribution in [2.24, 2.45) is 0 Å². The third-order valence-corrected chi connectivity index (χ3v) is 4.69. The van der Waals surface area contributed by atoms with Gasteiger partial charge >= 0.3 is 0 Å². The summed E-state index contributed by atoms with van der Waals surface area (Å²) in [6.07, 6.45) is 6.08. The summed E-state index contributed by atoms with van der Waals surface area (Å²) < 4.78 is 7.55. The number of para-hydroxylation sites is 1. The van der Waals surface area contributed by atoms with Crippen LogP contribution in [0.1, 0.15) is 30.5 Å². The van der Waals surface area contributed by atoms with E-state index in [1.807, 2.05) is 34.0 Å². The third-order valence-electron chi connectivity index (χ3n) is 4.69. The van der Waals surface area contributed by atoms with Gasteiger partial charge in [0.15, 0.2) is 0 Å². The zero-order chi connectivity index (χ0) is 17.6. The van der Waals surface area contributed by atoms with E-state index in [4.69, 9.17) is 4.74 Å². The summed E-state index contributed by atoms with van der Waals surface area (Å²) >= 11 is 0. The molecule has 0 radical (unpaired) electrons. The summed E-state index contributed by atoms with van der Waals surface area (Å²) in [6, 6.07) is 8.18. The number of methoxy groups -OCH3 is 1. The van der Waals surface area contributed by atoms with Gasteiger partial charge in [-0.05, 0) is 12.5 Å². The van der Waals surface area contributed by atoms with E-state index in [9.17, 15) is 4.79 Å². The van der Waals surface area contributed by atoms with Crippen LogP contribution in [0.5, 0.6) is 5.75 Å². The quantitative estimate of drug-likeness (QED) is 0.725. The number of hydrogen-bond donors (Lipinski definition) is 0. The highest BCUT2D eigenvalue weighted by atomic mass is 16.5. The molecule has 1 saturated heterocycles. The molecular weight excluding hydrogens is 316 g/mol. The van der Waals surface area contributed by atoms with E-state index < -0.39 is 0 Å². The molecule has 1 unspecified atom stereocenters. The monoisotopic (exact) mass is 342 g/mol. The van der Waals surface area contributed by atoms with E-state index in [1.165, 1.54) is 5.56 Å². The first kappa shape index (κ1) is 17.5. The van der Waals surface area contributed by atoms with Crippen LogP contribution in [0.25, 0.3) is 0 Å². The fourth-order valence-corrected chi connectivity index (χ4v) is 3.44. The lowest BCUT2D eigenvalue weighted by Gasteiger charge is -2.40. The number of piperazine rings is 1. The highest BCUT2D eigenvalue weighted by Gasteiger charge is 2.29. The van der Waals surface area contributed by atoms with Crippen LogP contribution in [0, 0.1) is 0 Å². The highest BCUT2D eigenvalue weighted by molar-refractivity contribution is 5.48. The van der Waals surface area contributed by atoms with Gasteiger partial charge in [0.05, 0.1) is 19.3 Å². The van der Waals surface area contributed by atoms with Crippen LogP contribution < -0.4 is 4.74 Å². The smallest absolute Gasteiger partial charge is 0.209 e. The van der Waals surface area contributed by atoms with Crippen molar-refractivity contribution >= 4 is 6.41 Å². The normalized spacial score (nSPS) is 18.3. The number of aryl methyl sites for hydroxylation is 1. The van der Waals surface area contributed by atoms with Crippen LogP contribution in [0.3, 0.4) is 0 Å². The Morgan fingerprint density at radius 1 is 1.32 bits per heavy atom. The first-order chi connectivity index (χ1) is 12.2. The molecule has 0 spiro atoms. The lowest BCUT2D eigenvalue weighted by atomic mass is 10.0. The lowest BCUT2D eigenvalue weighted by molar-refractivity contribution is -0.121. The second-order valence-corrected chi connectivity index (χ2v) is 6.44. The Hall–Kier alpha value is -2.34. The van der Waals surface area contributed by atoms with Crippen molar-refractivity contribution < 1.29 is 9.53 Å². The first-order valence-corrected chi connectivity index (χ1v) is 8.82. The predicted molar refractivity (Wildman–Crippen MR) is 96.3 cm³/mol. The Labute approximate surface area is 149 Å². The van der Waals surface area contributed by atoms with Crippen molar-refractivity contribution in [3.05, 3.63) is 47.8 Å². The lowest BCUT2D eigenvalue weighted by Crippen LogP contribution is -2.47. The maximum Gasteiger partial charge on any atom is 0.209 e. The summed E-state index contributed by atoms with van der Waals surface area (Å²) in [5.41, 5.74) is 2.32. The minimum atomic E-state index is 0.115. The highest BCUT2D eigenvalue weighted by Crippen LogP contribution is 2.32. The molecule has 134 valence electrons. The molecule has 1 aliphatic heterocycles. The van der Waals surface area contributed by atoms with E-state index >= 15 is 0 Å². The second-order valence-electron chi connectivity index (χ2n) is 6.44. The number of rotatable bonds is 7. The Bertz CT molecular complexity index is 700. The zero-order valence-electron chi connectivity index (χ0n) is 15.0. The molecule has 6 nitrogen and oxygen atoms in total. The molecule has 0 N–H and O–H groups in total. The van der Waals surface area contributed by atoms with Gasteiger partial charge in [0.1, 0.15) is 5.75 Å². The SMILES string of the molecule is CCCn1cc(CN2CCN(C=O)CC2c2ccccc2OC)cn1. The van der Waals surface area contributed by atoms with E-state index in [0.29, 0.717) is 6.54 Å². The average Bonchev–Trinajstić information content (AvgIpc) is 3.09. The molecule has 0 saturated carbocycles. The molecule has 0 aliphatic carbocycles. The number of nitrogens with zero attached hydrogens (tertiary/aromatic N) is 4. The van der Waals surface area contributed by atoms with Gasteiger partial charge < -0.3 is 9.64 Å². The number of carbonyl (C=O) groups is 1. The van der Waals surface area contributed by atoms with Crippen molar-refractivity contribution in [3.63, 3.8) is 0 Å². The summed E-state index contributed by atoms with van der Waals surface area (Å²) in [5, 5.41) is 4.43. The maximum absolute atomic E-state index is 11.3. The molecule has 1 atom stereocenters. The molecule has 6 heteroatoms. The van der Waals surface area contributed by atoms with Crippen LogP contribution in [0.15, 0.2) is 36.7 Å². The zero-order valence-corrected chi connectivity index (χ0v) is 15.0. The first-order valence-electron chi connectivity index (χ1n) is 8.82. The van der Waals surface area contributed by atoms with Gasteiger partial charge in [-0.1, -0.05) is 25.1 Å². The molecule has 25 heavy (non-hydrogen) atoms. The van der Waals surface area contributed by atoms with Gasteiger partial charge in [-0.3, -0.25) is 14.4 Å². The fourth-order valence-electron chi connectivity index (χ4n) is 3.44. The topological polar surface area (TPSA) is 50.6 Å². The molecule has 2 heterocycles. The third kappa shape index (κ3) is 4.02. The van der Waals surface area contributed by atoms with Crippen molar-refractivity contribution in [3.8, 4) is 5.75 Å². The molecule has 1 aliphatic rings. The minimum Gasteiger partial charge on any atom is -0.496 e. The van der Waals surface area contributed by atoms with Crippen LogP contribution in [0.4, 0.5) is 0 Å². The molecule has 2 aromatic rings. The van der Waals surface area contributed by atoms with E-state index in [1.54, 1.807) is 7.11 Å². The number of amides is 1. The van der Waals surface area contributed by atoms with E-state index in [-0.39, 0.29) is 6.04 Å². The largest absolute Gasteiger partial charge is 0.496 e. The Morgan fingerprint density at radius 3 is 2.92 bits per heavy atom. The van der Waals surface area contributed by atoms with Gasteiger partial charge in [0.25, 0.3) is 0 Å². The number of hydrogen-bond acceptors (Lipinski definition) is 4. The average molecular weight is 342 g/mol. The molecule has 3 rings (SSSR count). The van der Waals surface area contributed by atoms with Crippen LogP contribution in [0.2, 0.25) is 0 Å². The molecule has 1 fully saturated rings. The number of ether oxygens (including phenoxy) is 1. The maximum atomic E-state index is 11.3. The number of carbonyl (C=O) groups excluding carboxylic acids is 1. The molecule has 1 amide bonds. The van der Waals surface area contributed by atoms with Crippen molar-refractivity contribution in [1.82, 2.24) is 19.6 Å². The summed E-state index contributed by atoms with van der Waals surface area (Å²) in [4.78, 5) is 15.5. The van der Waals surface area contributed by atoms with Gasteiger partial charge in [-0.25, -0.2) is 0 Å². The number of aromatic nitrogens is 2. The standard InChI is InChI=1S/C19H26N4O2/c1-3-8-23-13-16(11-20-23)12-22-10-9-21(15-24)14-18(22)17-6-4-5-7-19(17)25-2/h4-7,11,13,15,18H,3,8-10,12,14H2,1-2H3. The van der Waals surface area contributed by atoms with Gasteiger partial charge in [0, 0.05) is 50.0 Å². The fraction of sp³-hybridized carbons (Fsp3) is 0.474. The van der Waals surface area contributed by atoms with Crippen LogP contribution in [-0.2, 0) is 17.9 Å². The second kappa shape index (κ2) is 8.16. The molecule has 1 aromatic carbocycles. The van der Waals surface area contributed by atoms with E-state index in [0.717, 1.165) is 50.3 Å². The molecular formula is C19H26N4O2. The van der Waals surface area contributed by atoms with Gasteiger partial charge in [-0.15, -0.1) is 0 Å².